The Morgan fingerprint density at radius 3 is 2.82 bits per heavy atom. The molecule has 1 aliphatic rings. The van der Waals surface area contributed by atoms with Crippen LogP contribution in [0.3, 0.4) is 0 Å². The van der Waals surface area contributed by atoms with Gasteiger partial charge in [0.25, 0.3) is 0 Å². The Hall–Kier alpha value is -2.24. The van der Waals surface area contributed by atoms with Gasteiger partial charge in [-0.25, -0.2) is 14.5 Å². The van der Waals surface area contributed by atoms with Crippen LogP contribution in [0, 0.1) is 0 Å². The second-order valence-electron chi connectivity index (χ2n) is 4.01. The van der Waals surface area contributed by atoms with Gasteiger partial charge < -0.3 is 5.11 Å². The number of carboxylic acid groups (broad SMARTS) is 1. The SMILES string of the molecule is O=C(O)c1cc(C2CC2)n(-c2cnccn2)n1. The average molecular weight is 230 g/mol. The monoisotopic (exact) mass is 230 g/mol. The minimum Gasteiger partial charge on any atom is -0.476 e. The number of aromatic carboxylic acids is 1. The lowest BCUT2D eigenvalue weighted by molar-refractivity contribution is 0.0690. The largest absolute Gasteiger partial charge is 0.476 e. The van der Waals surface area contributed by atoms with Crippen molar-refractivity contribution in [3.63, 3.8) is 0 Å². The molecule has 0 radical (unpaired) electrons. The third kappa shape index (κ3) is 1.77. The molecule has 2 heterocycles. The summed E-state index contributed by atoms with van der Waals surface area (Å²) < 4.78 is 1.58. The lowest BCUT2D eigenvalue weighted by Gasteiger charge is -2.03. The van der Waals surface area contributed by atoms with Crippen molar-refractivity contribution in [1.29, 1.82) is 0 Å². The first-order chi connectivity index (χ1) is 8.25. The summed E-state index contributed by atoms with van der Waals surface area (Å²) in [6.45, 7) is 0. The Labute approximate surface area is 96.9 Å². The first kappa shape index (κ1) is 9.95. The summed E-state index contributed by atoms with van der Waals surface area (Å²) in [5.41, 5.74) is 0.959. The molecule has 0 bridgehead atoms. The molecule has 0 amide bonds. The van der Waals surface area contributed by atoms with Gasteiger partial charge in [-0.2, -0.15) is 5.10 Å². The van der Waals surface area contributed by atoms with E-state index in [0.717, 1.165) is 18.5 Å². The van der Waals surface area contributed by atoms with Gasteiger partial charge >= 0.3 is 5.97 Å². The molecular formula is C11H10N4O2. The predicted molar refractivity (Wildman–Crippen MR) is 58.1 cm³/mol. The second kappa shape index (κ2) is 3.65. The van der Waals surface area contributed by atoms with Crippen LogP contribution < -0.4 is 0 Å². The molecule has 0 aliphatic heterocycles. The Balaban J connectivity index is 2.11. The normalized spacial score (nSPS) is 14.8. The van der Waals surface area contributed by atoms with Crippen molar-refractivity contribution in [3.8, 4) is 5.82 Å². The smallest absolute Gasteiger partial charge is 0.356 e. The zero-order valence-electron chi connectivity index (χ0n) is 8.95. The zero-order valence-corrected chi connectivity index (χ0v) is 8.95. The van der Waals surface area contributed by atoms with Crippen LogP contribution in [0.25, 0.3) is 5.82 Å². The van der Waals surface area contributed by atoms with Crippen LogP contribution in [0.2, 0.25) is 0 Å². The van der Waals surface area contributed by atoms with Gasteiger partial charge in [-0.15, -0.1) is 0 Å². The van der Waals surface area contributed by atoms with E-state index in [0.29, 0.717) is 11.7 Å². The Bertz CT molecular complexity index is 560. The van der Waals surface area contributed by atoms with E-state index >= 15 is 0 Å². The standard InChI is InChI=1S/C11H10N4O2/c16-11(17)8-5-9(7-1-2-7)15(14-8)10-6-12-3-4-13-10/h3-7H,1-2H2,(H,16,17). The lowest BCUT2D eigenvalue weighted by atomic mass is 10.2. The molecule has 2 aromatic rings. The fourth-order valence-electron chi connectivity index (χ4n) is 1.75. The van der Waals surface area contributed by atoms with Gasteiger partial charge in [0.05, 0.1) is 11.9 Å². The fraction of sp³-hybridized carbons (Fsp3) is 0.273. The van der Waals surface area contributed by atoms with Crippen LogP contribution in [0.5, 0.6) is 0 Å². The molecular weight excluding hydrogens is 220 g/mol. The number of rotatable bonds is 3. The third-order valence-corrected chi connectivity index (χ3v) is 2.72. The van der Waals surface area contributed by atoms with Crippen molar-refractivity contribution in [2.45, 2.75) is 18.8 Å². The highest BCUT2D eigenvalue weighted by Gasteiger charge is 2.30. The van der Waals surface area contributed by atoms with Gasteiger partial charge in [-0.3, -0.25) is 4.98 Å². The summed E-state index contributed by atoms with van der Waals surface area (Å²) in [6, 6.07) is 1.62. The van der Waals surface area contributed by atoms with Gasteiger partial charge in [0, 0.05) is 18.3 Å². The Kier molecular flexibility index (Phi) is 2.14. The second-order valence-corrected chi connectivity index (χ2v) is 4.01. The number of aromatic nitrogens is 4. The quantitative estimate of drug-likeness (QED) is 0.857. The Morgan fingerprint density at radius 2 is 2.24 bits per heavy atom. The molecule has 1 saturated carbocycles. The molecule has 2 aromatic heterocycles. The van der Waals surface area contributed by atoms with E-state index in [2.05, 4.69) is 15.1 Å². The van der Waals surface area contributed by atoms with Crippen molar-refractivity contribution in [2.75, 3.05) is 0 Å². The van der Waals surface area contributed by atoms with E-state index in [9.17, 15) is 4.79 Å². The van der Waals surface area contributed by atoms with Crippen LogP contribution in [0.15, 0.2) is 24.7 Å². The van der Waals surface area contributed by atoms with E-state index in [-0.39, 0.29) is 5.69 Å². The maximum atomic E-state index is 10.9. The van der Waals surface area contributed by atoms with E-state index in [1.165, 1.54) is 0 Å². The van der Waals surface area contributed by atoms with Crippen LogP contribution in [-0.2, 0) is 0 Å². The lowest BCUT2D eigenvalue weighted by Crippen LogP contribution is -2.05. The maximum absolute atomic E-state index is 10.9. The van der Waals surface area contributed by atoms with E-state index in [1.807, 2.05) is 0 Å². The summed E-state index contributed by atoms with van der Waals surface area (Å²) in [6.07, 6.45) is 6.86. The predicted octanol–water partition coefficient (Wildman–Crippen LogP) is 1.24. The van der Waals surface area contributed by atoms with Gasteiger partial charge in [0.1, 0.15) is 0 Å². The van der Waals surface area contributed by atoms with Crippen LogP contribution in [0.4, 0.5) is 0 Å². The molecule has 1 N–H and O–H groups in total. The summed E-state index contributed by atoms with van der Waals surface area (Å²) >= 11 is 0. The Morgan fingerprint density at radius 1 is 1.41 bits per heavy atom. The number of carboxylic acids is 1. The van der Waals surface area contributed by atoms with E-state index in [4.69, 9.17) is 5.11 Å². The van der Waals surface area contributed by atoms with Gasteiger partial charge in [0.2, 0.25) is 0 Å². The molecule has 0 saturated heterocycles. The van der Waals surface area contributed by atoms with Crippen molar-refractivity contribution < 1.29 is 9.90 Å². The van der Waals surface area contributed by atoms with Crippen molar-refractivity contribution in [2.24, 2.45) is 0 Å². The topological polar surface area (TPSA) is 80.9 Å². The van der Waals surface area contributed by atoms with Crippen molar-refractivity contribution in [3.05, 3.63) is 36.0 Å². The van der Waals surface area contributed by atoms with Crippen LogP contribution >= 0.6 is 0 Å². The minimum absolute atomic E-state index is 0.0533. The molecule has 1 aliphatic carbocycles. The third-order valence-electron chi connectivity index (χ3n) is 2.72. The fourth-order valence-corrected chi connectivity index (χ4v) is 1.75. The van der Waals surface area contributed by atoms with Gasteiger partial charge in [-0.1, -0.05) is 0 Å². The molecule has 86 valence electrons. The average Bonchev–Trinajstić information content (AvgIpc) is 3.09. The summed E-state index contributed by atoms with van der Waals surface area (Å²) in [5.74, 6) is -0.0611. The molecule has 0 atom stereocenters. The molecule has 1 fully saturated rings. The summed E-state index contributed by atoms with van der Waals surface area (Å²) in [5, 5.41) is 13.0. The molecule has 0 aromatic carbocycles. The highest BCUT2D eigenvalue weighted by molar-refractivity contribution is 5.85. The summed E-state index contributed by atoms with van der Waals surface area (Å²) in [4.78, 5) is 19.0. The van der Waals surface area contributed by atoms with Crippen molar-refractivity contribution >= 4 is 5.97 Å². The number of nitrogens with zero attached hydrogens (tertiary/aromatic N) is 4. The highest BCUT2D eigenvalue weighted by atomic mass is 16.4. The molecule has 3 rings (SSSR count). The first-order valence-corrected chi connectivity index (χ1v) is 5.35. The molecule has 0 unspecified atom stereocenters. The number of hydrogen-bond donors (Lipinski definition) is 1. The molecule has 0 spiro atoms. The maximum Gasteiger partial charge on any atom is 0.356 e. The van der Waals surface area contributed by atoms with Crippen LogP contribution in [-0.4, -0.2) is 30.8 Å². The van der Waals surface area contributed by atoms with E-state index < -0.39 is 5.97 Å². The number of carbonyl (C=O) groups is 1. The minimum atomic E-state index is -1.02. The highest BCUT2D eigenvalue weighted by Crippen LogP contribution is 2.40. The first-order valence-electron chi connectivity index (χ1n) is 5.35. The van der Waals surface area contributed by atoms with Crippen LogP contribution in [0.1, 0.15) is 34.9 Å². The number of hydrogen-bond acceptors (Lipinski definition) is 4. The molecule has 17 heavy (non-hydrogen) atoms. The van der Waals surface area contributed by atoms with Gasteiger partial charge in [-0.05, 0) is 18.9 Å². The molecule has 6 heteroatoms. The molecule has 6 nitrogen and oxygen atoms in total. The van der Waals surface area contributed by atoms with Gasteiger partial charge in [0.15, 0.2) is 11.5 Å². The van der Waals surface area contributed by atoms with Crippen molar-refractivity contribution in [1.82, 2.24) is 19.7 Å². The van der Waals surface area contributed by atoms with E-state index in [1.54, 1.807) is 29.3 Å². The summed E-state index contributed by atoms with van der Waals surface area (Å²) in [7, 11) is 0. The zero-order chi connectivity index (χ0) is 11.8.